The van der Waals surface area contributed by atoms with Crippen molar-refractivity contribution in [3.63, 3.8) is 0 Å². The van der Waals surface area contributed by atoms with E-state index in [0.29, 0.717) is 10.9 Å². The van der Waals surface area contributed by atoms with E-state index in [-0.39, 0.29) is 11.1 Å². The zero-order chi connectivity index (χ0) is 14.0. The first-order valence-electron chi connectivity index (χ1n) is 6.95. The molecule has 1 saturated heterocycles. The van der Waals surface area contributed by atoms with Crippen LogP contribution in [0.2, 0.25) is 0 Å². The largest absolute Gasteiger partial charge is 0.319 e. The lowest BCUT2D eigenvalue weighted by Gasteiger charge is -2.54. The van der Waals surface area contributed by atoms with E-state index in [1.807, 2.05) is 7.05 Å². The third kappa shape index (κ3) is 4.19. The standard InChI is InChI=1S/C14H30BrN3/c1-13(2)7-12(8-14(3,4)18(13)6)17-10-11(15)9-16-5/h11-12,16-17H,7-10H2,1-6H3. The van der Waals surface area contributed by atoms with Gasteiger partial charge >= 0.3 is 0 Å². The maximum atomic E-state index is 3.72. The van der Waals surface area contributed by atoms with Crippen molar-refractivity contribution >= 4 is 15.9 Å². The Balaban J connectivity index is 2.53. The summed E-state index contributed by atoms with van der Waals surface area (Å²) in [7, 11) is 4.25. The second-order valence-corrected chi connectivity index (χ2v) is 8.15. The van der Waals surface area contributed by atoms with Crippen LogP contribution in [0.4, 0.5) is 0 Å². The number of nitrogens with zero attached hydrogens (tertiary/aromatic N) is 1. The molecule has 0 amide bonds. The van der Waals surface area contributed by atoms with Gasteiger partial charge in [0.2, 0.25) is 0 Å². The Hall–Kier alpha value is 0.360. The number of likely N-dealkylation sites (tertiary alicyclic amines) is 1. The van der Waals surface area contributed by atoms with E-state index in [0.717, 1.165) is 13.1 Å². The highest BCUT2D eigenvalue weighted by atomic mass is 79.9. The molecule has 108 valence electrons. The maximum absolute atomic E-state index is 3.72. The minimum atomic E-state index is 0.268. The van der Waals surface area contributed by atoms with Gasteiger partial charge in [0.05, 0.1) is 0 Å². The first-order valence-corrected chi connectivity index (χ1v) is 7.86. The summed E-state index contributed by atoms with van der Waals surface area (Å²) in [6, 6.07) is 0.614. The molecule has 4 heteroatoms. The summed E-state index contributed by atoms with van der Waals surface area (Å²) in [6.45, 7) is 11.4. The van der Waals surface area contributed by atoms with Crippen LogP contribution in [-0.4, -0.2) is 54.0 Å². The van der Waals surface area contributed by atoms with E-state index in [2.05, 4.69) is 66.2 Å². The zero-order valence-corrected chi connectivity index (χ0v) is 14.4. The lowest BCUT2D eigenvalue weighted by atomic mass is 9.77. The molecule has 1 rings (SSSR count). The van der Waals surface area contributed by atoms with E-state index in [1.165, 1.54) is 12.8 Å². The number of piperidine rings is 1. The van der Waals surface area contributed by atoms with Gasteiger partial charge in [0.15, 0.2) is 0 Å². The maximum Gasteiger partial charge on any atom is 0.0395 e. The summed E-state index contributed by atoms with van der Waals surface area (Å²) < 4.78 is 0. The Labute approximate surface area is 121 Å². The Morgan fingerprint density at radius 2 is 1.67 bits per heavy atom. The quantitative estimate of drug-likeness (QED) is 0.761. The average Bonchev–Trinajstić information content (AvgIpc) is 2.23. The molecular weight excluding hydrogens is 290 g/mol. The lowest BCUT2D eigenvalue weighted by molar-refractivity contribution is -0.0179. The van der Waals surface area contributed by atoms with Gasteiger partial charge in [-0.3, -0.25) is 4.90 Å². The summed E-state index contributed by atoms with van der Waals surface area (Å²) in [5, 5.41) is 6.92. The summed E-state index contributed by atoms with van der Waals surface area (Å²) in [5.74, 6) is 0. The summed E-state index contributed by atoms with van der Waals surface area (Å²) >= 11 is 3.70. The molecule has 0 radical (unpaired) electrons. The molecule has 0 aliphatic carbocycles. The molecule has 18 heavy (non-hydrogen) atoms. The molecule has 1 fully saturated rings. The molecular formula is C14H30BrN3. The van der Waals surface area contributed by atoms with Crippen molar-refractivity contribution in [2.24, 2.45) is 0 Å². The number of rotatable bonds is 5. The zero-order valence-electron chi connectivity index (χ0n) is 12.8. The molecule has 0 aromatic carbocycles. The van der Waals surface area contributed by atoms with Crippen LogP contribution in [0.3, 0.4) is 0 Å². The van der Waals surface area contributed by atoms with E-state index >= 15 is 0 Å². The predicted molar refractivity (Wildman–Crippen MR) is 83.6 cm³/mol. The van der Waals surface area contributed by atoms with Gasteiger partial charge in [-0.15, -0.1) is 0 Å². The molecule has 0 saturated carbocycles. The Kier molecular flexibility index (Phi) is 5.66. The number of halogens is 1. The average molecular weight is 320 g/mol. The molecule has 0 spiro atoms. The van der Waals surface area contributed by atoms with Gasteiger partial charge in [0, 0.05) is 35.0 Å². The van der Waals surface area contributed by atoms with Gasteiger partial charge in [-0.05, 0) is 54.6 Å². The normalized spacial score (nSPS) is 26.2. The molecule has 1 aliphatic rings. The molecule has 1 aliphatic heterocycles. The number of hydrogen-bond acceptors (Lipinski definition) is 3. The molecule has 2 N–H and O–H groups in total. The van der Waals surface area contributed by atoms with Crippen molar-refractivity contribution in [2.45, 2.75) is 62.5 Å². The fourth-order valence-electron chi connectivity index (χ4n) is 3.10. The van der Waals surface area contributed by atoms with Gasteiger partial charge in [0.25, 0.3) is 0 Å². The lowest BCUT2D eigenvalue weighted by Crippen LogP contribution is -2.62. The SMILES string of the molecule is CNCC(Br)CNC1CC(C)(C)N(C)C(C)(C)C1. The first kappa shape index (κ1) is 16.4. The fraction of sp³-hybridized carbons (Fsp3) is 1.00. The van der Waals surface area contributed by atoms with Crippen molar-refractivity contribution in [2.75, 3.05) is 27.2 Å². The van der Waals surface area contributed by atoms with Crippen LogP contribution in [0, 0.1) is 0 Å². The number of hydrogen-bond donors (Lipinski definition) is 2. The van der Waals surface area contributed by atoms with E-state index < -0.39 is 0 Å². The van der Waals surface area contributed by atoms with Gasteiger partial charge in [0.1, 0.15) is 0 Å². The smallest absolute Gasteiger partial charge is 0.0395 e. The molecule has 1 unspecified atom stereocenters. The van der Waals surface area contributed by atoms with Crippen LogP contribution in [0.1, 0.15) is 40.5 Å². The van der Waals surface area contributed by atoms with Crippen molar-refractivity contribution < 1.29 is 0 Å². The number of alkyl halides is 1. The molecule has 1 heterocycles. The van der Waals surface area contributed by atoms with Crippen LogP contribution >= 0.6 is 15.9 Å². The summed E-state index contributed by atoms with van der Waals surface area (Å²) in [5.41, 5.74) is 0.536. The minimum absolute atomic E-state index is 0.268. The van der Waals surface area contributed by atoms with Crippen molar-refractivity contribution in [3.05, 3.63) is 0 Å². The van der Waals surface area contributed by atoms with Crippen molar-refractivity contribution in [1.29, 1.82) is 0 Å². The topological polar surface area (TPSA) is 27.3 Å². The first-order chi connectivity index (χ1) is 8.19. The Morgan fingerprint density at radius 3 is 2.11 bits per heavy atom. The van der Waals surface area contributed by atoms with E-state index in [4.69, 9.17) is 0 Å². The third-order valence-electron chi connectivity index (χ3n) is 4.36. The third-order valence-corrected chi connectivity index (χ3v) is 5.01. The fourth-order valence-corrected chi connectivity index (χ4v) is 3.61. The van der Waals surface area contributed by atoms with Crippen molar-refractivity contribution in [3.8, 4) is 0 Å². The van der Waals surface area contributed by atoms with Crippen LogP contribution in [0.25, 0.3) is 0 Å². The van der Waals surface area contributed by atoms with Gasteiger partial charge in [-0.25, -0.2) is 0 Å². The minimum Gasteiger partial charge on any atom is -0.319 e. The van der Waals surface area contributed by atoms with Crippen LogP contribution in [0.15, 0.2) is 0 Å². The van der Waals surface area contributed by atoms with Crippen LogP contribution < -0.4 is 10.6 Å². The van der Waals surface area contributed by atoms with Crippen LogP contribution in [-0.2, 0) is 0 Å². The van der Waals surface area contributed by atoms with Gasteiger partial charge in [-0.1, -0.05) is 15.9 Å². The van der Waals surface area contributed by atoms with E-state index in [1.54, 1.807) is 0 Å². The van der Waals surface area contributed by atoms with Crippen molar-refractivity contribution in [1.82, 2.24) is 15.5 Å². The second-order valence-electron chi connectivity index (χ2n) is 6.85. The molecule has 0 bridgehead atoms. The molecule has 0 aromatic heterocycles. The highest BCUT2D eigenvalue weighted by Crippen LogP contribution is 2.36. The monoisotopic (exact) mass is 319 g/mol. The van der Waals surface area contributed by atoms with E-state index in [9.17, 15) is 0 Å². The molecule has 3 nitrogen and oxygen atoms in total. The highest BCUT2D eigenvalue weighted by molar-refractivity contribution is 9.09. The van der Waals surface area contributed by atoms with Gasteiger partial charge < -0.3 is 10.6 Å². The van der Waals surface area contributed by atoms with Crippen LogP contribution in [0.5, 0.6) is 0 Å². The molecule has 0 aromatic rings. The molecule has 1 atom stereocenters. The second kappa shape index (κ2) is 6.21. The summed E-state index contributed by atoms with van der Waals surface area (Å²) in [6.07, 6.45) is 2.43. The highest BCUT2D eigenvalue weighted by Gasteiger charge is 2.42. The summed E-state index contributed by atoms with van der Waals surface area (Å²) in [4.78, 5) is 3.03. The van der Waals surface area contributed by atoms with Gasteiger partial charge in [-0.2, -0.15) is 0 Å². The number of nitrogens with one attached hydrogen (secondary N) is 2. The predicted octanol–water partition coefficient (Wildman–Crippen LogP) is 2.21. The Bertz CT molecular complexity index is 248. The Morgan fingerprint density at radius 1 is 1.17 bits per heavy atom.